The summed E-state index contributed by atoms with van der Waals surface area (Å²) in [5.74, 6) is 1.49. The van der Waals surface area contributed by atoms with Gasteiger partial charge in [0.25, 0.3) is 0 Å². The van der Waals surface area contributed by atoms with Crippen LogP contribution in [0.15, 0.2) is 30.0 Å². The average molecular weight is 249 g/mol. The molecule has 1 unspecified atom stereocenters. The van der Waals surface area contributed by atoms with Crippen molar-refractivity contribution in [3.05, 3.63) is 35.6 Å². The maximum Gasteiger partial charge on any atom is 0.122 e. The minimum atomic E-state index is -0.172. The predicted molar refractivity (Wildman–Crippen MR) is 69.7 cm³/mol. The molecule has 1 aromatic rings. The van der Waals surface area contributed by atoms with Crippen molar-refractivity contribution in [1.29, 1.82) is 0 Å². The van der Waals surface area contributed by atoms with Gasteiger partial charge in [-0.05, 0) is 36.1 Å². The van der Waals surface area contributed by atoms with Crippen LogP contribution < -0.4 is 15.2 Å². The molecule has 0 spiro atoms. The molecule has 98 valence electrons. The fourth-order valence-corrected chi connectivity index (χ4v) is 2.04. The summed E-state index contributed by atoms with van der Waals surface area (Å²) >= 11 is 0. The molecule has 1 atom stereocenters. The number of nitrogens with two attached hydrogens (primary N) is 1. The van der Waals surface area contributed by atoms with Gasteiger partial charge in [-0.3, -0.25) is 0 Å². The maximum absolute atomic E-state index is 6.26. The highest BCUT2D eigenvalue weighted by molar-refractivity contribution is 5.42. The molecule has 2 rings (SSSR count). The smallest absolute Gasteiger partial charge is 0.122 e. The highest BCUT2D eigenvalue weighted by Gasteiger charge is 2.16. The van der Waals surface area contributed by atoms with Gasteiger partial charge in [-0.15, -0.1) is 0 Å². The van der Waals surface area contributed by atoms with E-state index in [1.807, 2.05) is 18.2 Å². The molecule has 0 bridgehead atoms. The Balaban J connectivity index is 2.28. The highest BCUT2D eigenvalue weighted by atomic mass is 16.5. The topological polar surface area (TPSA) is 53.7 Å². The number of methoxy groups -OCH3 is 2. The largest absolute Gasteiger partial charge is 0.501 e. The van der Waals surface area contributed by atoms with E-state index in [9.17, 15) is 0 Å². The first-order chi connectivity index (χ1) is 8.74. The number of ether oxygens (including phenoxy) is 3. The first kappa shape index (κ1) is 12.8. The lowest BCUT2D eigenvalue weighted by Crippen LogP contribution is -2.16. The Labute approximate surface area is 107 Å². The number of rotatable bonds is 4. The van der Waals surface area contributed by atoms with Crippen LogP contribution in [0.4, 0.5) is 0 Å². The monoisotopic (exact) mass is 249 g/mol. The molecule has 0 aliphatic carbocycles. The SMILES string of the molecule is COc1cc(OC)cc(C(N)C2=COCCC2)c1. The van der Waals surface area contributed by atoms with Gasteiger partial charge in [-0.1, -0.05) is 0 Å². The lowest BCUT2D eigenvalue weighted by Gasteiger charge is -2.21. The van der Waals surface area contributed by atoms with Gasteiger partial charge in [0.05, 0.1) is 33.1 Å². The first-order valence-corrected chi connectivity index (χ1v) is 6.03. The Morgan fingerprint density at radius 2 is 1.83 bits per heavy atom. The van der Waals surface area contributed by atoms with E-state index in [0.717, 1.165) is 42.1 Å². The van der Waals surface area contributed by atoms with Gasteiger partial charge in [0.15, 0.2) is 0 Å². The van der Waals surface area contributed by atoms with Crippen molar-refractivity contribution < 1.29 is 14.2 Å². The van der Waals surface area contributed by atoms with E-state index in [0.29, 0.717) is 0 Å². The van der Waals surface area contributed by atoms with Crippen molar-refractivity contribution in [1.82, 2.24) is 0 Å². The van der Waals surface area contributed by atoms with E-state index in [1.165, 1.54) is 0 Å². The summed E-state index contributed by atoms with van der Waals surface area (Å²) in [5, 5.41) is 0. The zero-order valence-electron chi connectivity index (χ0n) is 10.8. The van der Waals surface area contributed by atoms with Crippen LogP contribution in [0.5, 0.6) is 11.5 Å². The Kier molecular flexibility index (Phi) is 4.10. The van der Waals surface area contributed by atoms with Gasteiger partial charge < -0.3 is 19.9 Å². The molecule has 0 saturated carbocycles. The Hall–Kier alpha value is -1.68. The normalized spacial score (nSPS) is 16.5. The molecule has 4 nitrogen and oxygen atoms in total. The molecule has 0 radical (unpaired) electrons. The van der Waals surface area contributed by atoms with E-state index in [-0.39, 0.29) is 6.04 Å². The summed E-state index contributed by atoms with van der Waals surface area (Å²) in [5.41, 5.74) is 8.34. The van der Waals surface area contributed by atoms with Crippen LogP contribution in [0.3, 0.4) is 0 Å². The molecule has 0 fully saturated rings. The second-order valence-corrected chi connectivity index (χ2v) is 4.29. The molecule has 1 aliphatic rings. The zero-order chi connectivity index (χ0) is 13.0. The third kappa shape index (κ3) is 2.76. The van der Waals surface area contributed by atoms with Crippen LogP contribution in [-0.4, -0.2) is 20.8 Å². The third-order valence-electron chi connectivity index (χ3n) is 3.09. The summed E-state index contributed by atoms with van der Waals surface area (Å²) in [7, 11) is 3.26. The average Bonchev–Trinajstić information content (AvgIpc) is 2.46. The van der Waals surface area contributed by atoms with Crippen molar-refractivity contribution in [2.24, 2.45) is 5.73 Å². The summed E-state index contributed by atoms with van der Waals surface area (Å²) in [6, 6.07) is 5.53. The van der Waals surface area contributed by atoms with Gasteiger partial charge in [0.1, 0.15) is 11.5 Å². The van der Waals surface area contributed by atoms with Crippen LogP contribution in [0.25, 0.3) is 0 Å². The van der Waals surface area contributed by atoms with E-state index in [4.69, 9.17) is 19.9 Å². The summed E-state index contributed by atoms with van der Waals surface area (Å²) in [4.78, 5) is 0. The number of hydrogen-bond donors (Lipinski definition) is 1. The minimum absolute atomic E-state index is 0.172. The molecular formula is C14H19NO3. The van der Waals surface area contributed by atoms with Crippen molar-refractivity contribution in [3.63, 3.8) is 0 Å². The van der Waals surface area contributed by atoms with Gasteiger partial charge in [-0.2, -0.15) is 0 Å². The van der Waals surface area contributed by atoms with Crippen LogP contribution in [0, 0.1) is 0 Å². The molecule has 0 aromatic heterocycles. The third-order valence-corrected chi connectivity index (χ3v) is 3.09. The van der Waals surface area contributed by atoms with Gasteiger partial charge >= 0.3 is 0 Å². The second kappa shape index (κ2) is 5.78. The molecule has 0 amide bonds. The van der Waals surface area contributed by atoms with Crippen molar-refractivity contribution in [3.8, 4) is 11.5 Å². The van der Waals surface area contributed by atoms with Crippen LogP contribution >= 0.6 is 0 Å². The number of hydrogen-bond acceptors (Lipinski definition) is 4. The van der Waals surface area contributed by atoms with Gasteiger partial charge in [-0.25, -0.2) is 0 Å². The Morgan fingerprint density at radius 1 is 1.17 bits per heavy atom. The summed E-state index contributed by atoms with van der Waals surface area (Å²) in [6.07, 6.45) is 3.77. The van der Waals surface area contributed by atoms with Crippen molar-refractivity contribution in [2.45, 2.75) is 18.9 Å². The summed E-state index contributed by atoms with van der Waals surface area (Å²) < 4.78 is 15.8. The quantitative estimate of drug-likeness (QED) is 0.890. The van der Waals surface area contributed by atoms with E-state index >= 15 is 0 Å². The van der Waals surface area contributed by atoms with Crippen LogP contribution in [-0.2, 0) is 4.74 Å². The van der Waals surface area contributed by atoms with E-state index in [2.05, 4.69) is 0 Å². The summed E-state index contributed by atoms with van der Waals surface area (Å²) in [6.45, 7) is 0.775. The Morgan fingerprint density at radius 3 is 2.33 bits per heavy atom. The molecule has 2 N–H and O–H groups in total. The van der Waals surface area contributed by atoms with Gasteiger partial charge in [0, 0.05) is 6.07 Å². The Bertz CT molecular complexity index is 420. The number of benzene rings is 1. The van der Waals surface area contributed by atoms with Gasteiger partial charge in [0.2, 0.25) is 0 Å². The zero-order valence-corrected chi connectivity index (χ0v) is 10.8. The maximum atomic E-state index is 6.26. The fraction of sp³-hybridized carbons (Fsp3) is 0.429. The second-order valence-electron chi connectivity index (χ2n) is 4.29. The molecular weight excluding hydrogens is 230 g/mol. The lowest BCUT2D eigenvalue weighted by molar-refractivity contribution is 0.221. The standard InChI is InChI=1S/C14H19NO3/c1-16-12-6-11(7-13(8-12)17-2)14(15)10-4-3-5-18-9-10/h6-9,14H,3-5,15H2,1-2H3. The van der Waals surface area contributed by atoms with Crippen LogP contribution in [0.1, 0.15) is 24.4 Å². The van der Waals surface area contributed by atoms with Crippen molar-refractivity contribution >= 4 is 0 Å². The lowest BCUT2D eigenvalue weighted by atomic mass is 9.96. The molecule has 4 heteroatoms. The molecule has 1 aliphatic heterocycles. The van der Waals surface area contributed by atoms with E-state index in [1.54, 1.807) is 20.5 Å². The van der Waals surface area contributed by atoms with Crippen molar-refractivity contribution in [2.75, 3.05) is 20.8 Å². The van der Waals surface area contributed by atoms with E-state index < -0.39 is 0 Å². The molecule has 1 heterocycles. The molecule has 0 saturated heterocycles. The first-order valence-electron chi connectivity index (χ1n) is 6.03. The van der Waals surface area contributed by atoms with Crippen LogP contribution in [0.2, 0.25) is 0 Å². The minimum Gasteiger partial charge on any atom is -0.501 e. The highest BCUT2D eigenvalue weighted by Crippen LogP contribution is 2.31. The molecule has 1 aromatic carbocycles. The molecule has 18 heavy (non-hydrogen) atoms. The predicted octanol–water partition coefficient (Wildman–Crippen LogP) is 2.40. The fourth-order valence-electron chi connectivity index (χ4n) is 2.04.